The van der Waals surface area contributed by atoms with Gasteiger partial charge in [-0.05, 0) is 25.1 Å². The molecule has 0 spiro atoms. The Bertz CT molecular complexity index is 1190. The number of hydrogen-bond donors (Lipinski definition) is 2. The first kappa shape index (κ1) is 19.7. The molecule has 1 aromatic heterocycles. The van der Waals surface area contributed by atoms with E-state index in [-0.39, 0.29) is 24.2 Å². The highest BCUT2D eigenvalue weighted by molar-refractivity contribution is 7.99. The van der Waals surface area contributed by atoms with Gasteiger partial charge in [0.1, 0.15) is 0 Å². The fourth-order valence-corrected chi connectivity index (χ4v) is 3.81. The monoisotopic (exact) mass is 423 g/mol. The molecule has 2 aromatic carbocycles. The van der Waals surface area contributed by atoms with Crippen molar-refractivity contribution in [3.05, 3.63) is 53.6 Å². The van der Waals surface area contributed by atoms with Gasteiger partial charge in [0.15, 0.2) is 17.3 Å². The number of para-hydroxylation sites is 1. The van der Waals surface area contributed by atoms with E-state index in [0.717, 1.165) is 11.8 Å². The average molecular weight is 423 g/mol. The molecule has 1 aliphatic rings. The van der Waals surface area contributed by atoms with Crippen molar-refractivity contribution in [3.8, 4) is 11.5 Å². The molecule has 0 aliphatic carbocycles. The third-order valence-electron chi connectivity index (χ3n) is 4.48. The van der Waals surface area contributed by atoms with Crippen LogP contribution in [0.4, 0.5) is 5.69 Å². The SMILES string of the molecule is CC(=O)c1cc2c(cc1NC(=O)CSc1cc(C(N)=O)c3ccccc3n1)OCO2. The Hall–Kier alpha value is -3.59. The lowest BCUT2D eigenvalue weighted by Crippen LogP contribution is -2.16. The number of hydrogen-bond acceptors (Lipinski definition) is 7. The Morgan fingerprint density at radius 3 is 2.57 bits per heavy atom. The molecule has 2 heterocycles. The van der Waals surface area contributed by atoms with Gasteiger partial charge >= 0.3 is 0 Å². The van der Waals surface area contributed by atoms with Crippen molar-refractivity contribution in [1.82, 2.24) is 4.98 Å². The van der Waals surface area contributed by atoms with Crippen molar-refractivity contribution in [3.63, 3.8) is 0 Å². The Balaban J connectivity index is 1.52. The van der Waals surface area contributed by atoms with Gasteiger partial charge in [-0.2, -0.15) is 0 Å². The number of nitrogens with one attached hydrogen (secondary N) is 1. The van der Waals surface area contributed by atoms with E-state index in [2.05, 4.69) is 10.3 Å². The molecular formula is C21H17N3O5S. The minimum absolute atomic E-state index is 0.0231. The number of anilines is 1. The number of primary amides is 1. The molecule has 2 amide bonds. The highest BCUT2D eigenvalue weighted by Gasteiger charge is 2.20. The summed E-state index contributed by atoms with van der Waals surface area (Å²) in [6, 6.07) is 11.9. The second-order valence-electron chi connectivity index (χ2n) is 6.53. The molecular weight excluding hydrogens is 406 g/mol. The van der Waals surface area contributed by atoms with Gasteiger partial charge in [-0.15, -0.1) is 0 Å². The number of rotatable bonds is 6. The second-order valence-corrected chi connectivity index (χ2v) is 7.53. The van der Waals surface area contributed by atoms with Gasteiger partial charge in [0.2, 0.25) is 18.6 Å². The van der Waals surface area contributed by atoms with Gasteiger partial charge in [-0.3, -0.25) is 14.4 Å². The average Bonchev–Trinajstić information content (AvgIpc) is 3.18. The molecule has 30 heavy (non-hydrogen) atoms. The number of aromatic nitrogens is 1. The molecule has 0 fully saturated rings. The number of ether oxygens (including phenoxy) is 2. The van der Waals surface area contributed by atoms with Gasteiger partial charge in [0, 0.05) is 17.0 Å². The molecule has 0 radical (unpaired) electrons. The first-order valence-electron chi connectivity index (χ1n) is 8.99. The van der Waals surface area contributed by atoms with Gasteiger partial charge in [0.05, 0.1) is 27.5 Å². The number of carbonyl (C=O) groups excluding carboxylic acids is 3. The van der Waals surface area contributed by atoms with E-state index in [1.807, 2.05) is 6.07 Å². The van der Waals surface area contributed by atoms with E-state index in [1.165, 1.54) is 6.92 Å². The number of thioether (sulfide) groups is 1. The van der Waals surface area contributed by atoms with Crippen LogP contribution in [0.25, 0.3) is 10.9 Å². The minimum atomic E-state index is -0.564. The maximum Gasteiger partial charge on any atom is 0.249 e. The van der Waals surface area contributed by atoms with Crippen molar-refractivity contribution in [2.24, 2.45) is 5.73 Å². The summed E-state index contributed by atoms with van der Waals surface area (Å²) < 4.78 is 10.6. The van der Waals surface area contributed by atoms with Crippen LogP contribution in [0.5, 0.6) is 11.5 Å². The van der Waals surface area contributed by atoms with Crippen molar-refractivity contribution in [2.45, 2.75) is 11.9 Å². The standard InChI is InChI=1S/C21H17N3O5S/c1-11(25)13-6-17-18(29-10-28-17)8-16(13)23-19(26)9-30-20-7-14(21(22)27)12-4-2-3-5-15(12)24-20/h2-8H,9-10H2,1H3,(H2,22,27)(H,23,26). The van der Waals surface area contributed by atoms with Crippen LogP contribution in [0.15, 0.2) is 47.5 Å². The summed E-state index contributed by atoms with van der Waals surface area (Å²) in [5.41, 5.74) is 7.13. The molecule has 0 atom stereocenters. The Labute approximate surface area is 175 Å². The Morgan fingerprint density at radius 2 is 1.83 bits per heavy atom. The lowest BCUT2D eigenvalue weighted by atomic mass is 10.1. The first-order chi connectivity index (χ1) is 14.4. The zero-order valence-electron chi connectivity index (χ0n) is 15.9. The number of carbonyl (C=O) groups is 3. The van der Waals surface area contributed by atoms with Crippen LogP contribution in [0.2, 0.25) is 0 Å². The maximum absolute atomic E-state index is 12.5. The number of benzene rings is 2. The summed E-state index contributed by atoms with van der Waals surface area (Å²) in [6.07, 6.45) is 0. The molecule has 3 aromatic rings. The lowest BCUT2D eigenvalue weighted by Gasteiger charge is -2.11. The molecule has 3 N–H and O–H groups in total. The highest BCUT2D eigenvalue weighted by atomic mass is 32.2. The number of pyridine rings is 1. The Morgan fingerprint density at radius 1 is 1.10 bits per heavy atom. The van der Waals surface area contributed by atoms with Gasteiger partial charge in [-0.25, -0.2) is 4.98 Å². The summed E-state index contributed by atoms with van der Waals surface area (Å²) in [4.78, 5) is 40.7. The fourth-order valence-electron chi connectivity index (χ4n) is 3.09. The molecule has 4 rings (SSSR count). The van der Waals surface area contributed by atoms with Gasteiger partial charge in [-0.1, -0.05) is 30.0 Å². The van der Waals surface area contributed by atoms with Gasteiger partial charge in [0.25, 0.3) is 0 Å². The van der Waals surface area contributed by atoms with Crippen LogP contribution in [0.1, 0.15) is 27.6 Å². The van der Waals surface area contributed by atoms with Crippen LogP contribution in [-0.4, -0.2) is 35.1 Å². The number of amides is 2. The molecule has 0 unspecified atom stereocenters. The van der Waals surface area contributed by atoms with E-state index >= 15 is 0 Å². The molecule has 0 saturated carbocycles. The van der Waals surface area contributed by atoms with Crippen molar-refractivity contribution in [1.29, 1.82) is 0 Å². The van der Waals surface area contributed by atoms with Crippen LogP contribution in [-0.2, 0) is 4.79 Å². The van der Waals surface area contributed by atoms with Crippen LogP contribution < -0.4 is 20.5 Å². The van der Waals surface area contributed by atoms with E-state index in [4.69, 9.17) is 15.2 Å². The minimum Gasteiger partial charge on any atom is -0.454 e. The molecule has 152 valence electrons. The lowest BCUT2D eigenvalue weighted by molar-refractivity contribution is -0.113. The number of nitrogens with zero attached hydrogens (tertiary/aromatic N) is 1. The number of nitrogens with two attached hydrogens (primary N) is 1. The van der Waals surface area contributed by atoms with Crippen LogP contribution >= 0.6 is 11.8 Å². The largest absolute Gasteiger partial charge is 0.454 e. The van der Waals surface area contributed by atoms with E-state index < -0.39 is 5.91 Å². The maximum atomic E-state index is 12.5. The smallest absolute Gasteiger partial charge is 0.249 e. The summed E-state index contributed by atoms with van der Waals surface area (Å²) >= 11 is 1.16. The number of ketones is 1. The molecule has 8 nitrogen and oxygen atoms in total. The first-order valence-corrected chi connectivity index (χ1v) is 9.98. The fraction of sp³-hybridized carbons (Fsp3) is 0.143. The number of Topliss-reactive ketones (excluding diaryl/α,β-unsaturated/α-hetero) is 1. The van der Waals surface area contributed by atoms with Crippen LogP contribution in [0.3, 0.4) is 0 Å². The van der Waals surface area contributed by atoms with Gasteiger partial charge < -0.3 is 20.5 Å². The Kier molecular flexibility index (Phi) is 5.28. The zero-order chi connectivity index (χ0) is 21.3. The molecule has 1 aliphatic heterocycles. The highest BCUT2D eigenvalue weighted by Crippen LogP contribution is 2.37. The van der Waals surface area contributed by atoms with Crippen molar-refractivity contribution in [2.75, 3.05) is 17.9 Å². The molecule has 0 bridgehead atoms. The van der Waals surface area contributed by atoms with Crippen LogP contribution in [0, 0.1) is 0 Å². The third kappa shape index (κ3) is 3.92. The summed E-state index contributed by atoms with van der Waals surface area (Å²) in [7, 11) is 0. The van der Waals surface area contributed by atoms with Crippen molar-refractivity contribution >= 4 is 45.9 Å². The predicted molar refractivity (Wildman–Crippen MR) is 112 cm³/mol. The molecule has 9 heteroatoms. The predicted octanol–water partition coefficient (Wildman–Crippen LogP) is 3.00. The van der Waals surface area contributed by atoms with Crippen molar-refractivity contribution < 1.29 is 23.9 Å². The quantitative estimate of drug-likeness (QED) is 0.462. The molecule has 0 saturated heterocycles. The summed E-state index contributed by atoms with van der Waals surface area (Å²) in [5, 5.41) is 3.88. The summed E-state index contributed by atoms with van der Waals surface area (Å²) in [5.74, 6) is -0.158. The zero-order valence-corrected chi connectivity index (χ0v) is 16.7. The number of fused-ring (bicyclic) bond motifs is 2. The summed E-state index contributed by atoms with van der Waals surface area (Å²) in [6.45, 7) is 1.47. The van der Waals surface area contributed by atoms with E-state index in [1.54, 1.807) is 36.4 Å². The second kappa shape index (κ2) is 8.03. The third-order valence-corrected chi connectivity index (χ3v) is 5.39. The van der Waals surface area contributed by atoms with E-state index in [9.17, 15) is 14.4 Å². The normalized spacial score (nSPS) is 12.0. The van der Waals surface area contributed by atoms with E-state index in [0.29, 0.717) is 44.2 Å². The topological polar surface area (TPSA) is 121 Å².